The lowest BCUT2D eigenvalue weighted by atomic mass is 10.1. The average molecular weight is 647 g/mol. The number of benzene rings is 3. The van der Waals surface area contributed by atoms with Crippen LogP contribution in [0.15, 0.2) is 64.6 Å². The van der Waals surface area contributed by atoms with Crippen LogP contribution in [0.3, 0.4) is 0 Å². The van der Waals surface area contributed by atoms with Gasteiger partial charge >= 0.3 is 0 Å². The van der Waals surface area contributed by atoms with Gasteiger partial charge in [-0.25, -0.2) is 0 Å². The van der Waals surface area contributed by atoms with Crippen molar-refractivity contribution in [3.05, 3.63) is 84.9 Å². The van der Waals surface area contributed by atoms with Crippen LogP contribution >= 0.6 is 38.5 Å². The minimum Gasteiger partial charge on any atom is -0.497 e. The summed E-state index contributed by atoms with van der Waals surface area (Å²) in [5.74, 6) is 2.39. The molecule has 0 atom stereocenters. The van der Waals surface area contributed by atoms with Crippen LogP contribution in [0.1, 0.15) is 16.7 Å². The van der Waals surface area contributed by atoms with Gasteiger partial charge in [0.15, 0.2) is 11.5 Å². The summed E-state index contributed by atoms with van der Waals surface area (Å²) in [4.78, 5) is 12.6. The number of carbonyl (C=O) groups is 1. The normalized spacial score (nSPS) is 12.1. The highest BCUT2D eigenvalue weighted by Crippen LogP contribution is 2.35. The molecule has 0 bridgehead atoms. The van der Waals surface area contributed by atoms with Crippen LogP contribution in [0, 0.1) is 14.9 Å². The Labute approximate surface area is 224 Å². The molecule has 0 fully saturated rings. The number of halogens is 2. The zero-order chi connectivity index (χ0) is 24.8. The summed E-state index contributed by atoms with van der Waals surface area (Å²) in [6, 6.07) is 18.7. The third-order valence-electron chi connectivity index (χ3n) is 5.13. The molecule has 178 valence electrons. The summed E-state index contributed by atoms with van der Waals surface area (Å²) in [6.07, 6.45) is 1.55. The lowest BCUT2D eigenvalue weighted by molar-refractivity contribution is -0.117. The molecular formula is C26H20BrIN2O5. The molecule has 35 heavy (non-hydrogen) atoms. The third kappa shape index (κ3) is 6.26. The fourth-order valence-electron chi connectivity index (χ4n) is 3.32. The quantitative estimate of drug-likeness (QED) is 0.195. The smallest absolute Gasteiger partial charge is 0.262 e. The number of amides is 1. The molecule has 3 aromatic carbocycles. The minimum atomic E-state index is -0.447. The molecular weight excluding hydrogens is 627 g/mol. The van der Waals surface area contributed by atoms with Crippen LogP contribution < -0.4 is 24.3 Å². The molecule has 3 aromatic rings. The van der Waals surface area contributed by atoms with Gasteiger partial charge in [0.1, 0.15) is 29.7 Å². The zero-order valence-electron chi connectivity index (χ0n) is 18.6. The van der Waals surface area contributed by atoms with E-state index in [1.807, 2.05) is 60.7 Å². The topological polar surface area (TPSA) is 89.8 Å². The van der Waals surface area contributed by atoms with Gasteiger partial charge in [-0.2, -0.15) is 5.26 Å². The van der Waals surface area contributed by atoms with Crippen LogP contribution in [0.4, 0.5) is 0 Å². The Kier molecular flexibility index (Phi) is 8.15. The molecule has 1 N–H and O–H groups in total. The molecule has 9 heteroatoms. The van der Waals surface area contributed by atoms with Crippen LogP contribution in [-0.2, 0) is 17.9 Å². The van der Waals surface area contributed by atoms with Gasteiger partial charge in [-0.15, -0.1) is 0 Å². The lowest BCUT2D eigenvalue weighted by Gasteiger charge is -2.12. The van der Waals surface area contributed by atoms with E-state index in [0.717, 1.165) is 26.2 Å². The number of nitriles is 1. The number of nitrogens with zero attached hydrogens (tertiary/aromatic N) is 1. The molecule has 0 saturated carbocycles. The van der Waals surface area contributed by atoms with Crippen LogP contribution in [0.25, 0.3) is 6.08 Å². The molecule has 1 heterocycles. The van der Waals surface area contributed by atoms with Gasteiger partial charge in [-0.05, 0) is 97.7 Å². The number of hydrogen-bond donors (Lipinski definition) is 1. The first-order chi connectivity index (χ1) is 17.0. The molecule has 0 saturated heterocycles. The second-order valence-corrected chi connectivity index (χ2v) is 9.51. The Morgan fingerprint density at radius 2 is 1.89 bits per heavy atom. The summed E-state index contributed by atoms with van der Waals surface area (Å²) in [7, 11) is 1.60. The van der Waals surface area contributed by atoms with Gasteiger partial charge < -0.3 is 24.3 Å². The molecule has 1 aliphatic heterocycles. The fourth-order valence-corrected chi connectivity index (χ4v) is 5.09. The van der Waals surface area contributed by atoms with E-state index in [1.54, 1.807) is 13.2 Å². The van der Waals surface area contributed by atoms with Crippen molar-refractivity contribution in [2.24, 2.45) is 0 Å². The maximum Gasteiger partial charge on any atom is 0.262 e. The van der Waals surface area contributed by atoms with E-state index < -0.39 is 5.91 Å². The van der Waals surface area contributed by atoms with Crippen LogP contribution in [0.5, 0.6) is 23.0 Å². The summed E-state index contributed by atoms with van der Waals surface area (Å²) in [5, 5.41) is 12.3. The molecule has 0 radical (unpaired) electrons. The van der Waals surface area contributed by atoms with Gasteiger partial charge in [0.25, 0.3) is 5.91 Å². The largest absolute Gasteiger partial charge is 0.497 e. The molecule has 7 nitrogen and oxygen atoms in total. The van der Waals surface area contributed by atoms with E-state index in [4.69, 9.17) is 18.9 Å². The Balaban J connectivity index is 1.42. The van der Waals surface area contributed by atoms with Gasteiger partial charge in [0, 0.05) is 6.54 Å². The standard InChI is InChI=1S/C26H20BrIN2O5/c1-32-20-5-2-16(3-6-20)13-30-26(31)19(12-29)8-18-9-21(27)25(22(28)10-18)33-14-17-4-7-23-24(11-17)35-15-34-23/h2-11H,13-15H2,1H3,(H,30,31)/b19-8-. The summed E-state index contributed by atoms with van der Waals surface area (Å²) >= 11 is 5.71. The summed E-state index contributed by atoms with van der Waals surface area (Å²) in [6.45, 7) is 0.871. The van der Waals surface area contributed by atoms with E-state index in [9.17, 15) is 10.1 Å². The Bertz CT molecular complexity index is 1300. The van der Waals surface area contributed by atoms with Gasteiger partial charge in [-0.3, -0.25) is 4.79 Å². The number of carbonyl (C=O) groups excluding carboxylic acids is 1. The first kappa shape index (κ1) is 24.9. The van der Waals surface area contributed by atoms with Gasteiger partial charge in [0.05, 0.1) is 15.2 Å². The van der Waals surface area contributed by atoms with Crippen molar-refractivity contribution in [2.75, 3.05) is 13.9 Å². The molecule has 0 spiro atoms. The Morgan fingerprint density at radius 1 is 1.14 bits per heavy atom. The summed E-state index contributed by atoms with van der Waals surface area (Å²) < 4.78 is 23.5. The SMILES string of the molecule is COc1ccc(CNC(=O)/C(C#N)=C\c2cc(Br)c(OCc3ccc4c(c3)OCO4)c(I)c2)cc1. The zero-order valence-corrected chi connectivity index (χ0v) is 22.4. The van der Waals surface area contributed by atoms with Crippen molar-refractivity contribution in [1.29, 1.82) is 5.26 Å². The van der Waals surface area contributed by atoms with Crippen molar-refractivity contribution in [3.8, 4) is 29.1 Å². The highest BCUT2D eigenvalue weighted by molar-refractivity contribution is 14.1. The van der Waals surface area contributed by atoms with E-state index in [2.05, 4.69) is 43.8 Å². The molecule has 1 amide bonds. The highest BCUT2D eigenvalue weighted by Gasteiger charge is 2.15. The molecule has 0 unspecified atom stereocenters. The number of hydrogen-bond acceptors (Lipinski definition) is 6. The van der Waals surface area contributed by atoms with E-state index in [-0.39, 0.29) is 12.4 Å². The van der Waals surface area contributed by atoms with Crippen molar-refractivity contribution < 1.29 is 23.7 Å². The molecule has 4 rings (SSSR count). The second-order valence-electron chi connectivity index (χ2n) is 7.49. The number of nitrogens with one attached hydrogen (secondary N) is 1. The number of ether oxygens (including phenoxy) is 4. The van der Waals surface area contributed by atoms with Crippen molar-refractivity contribution in [2.45, 2.75) is 13.2 Å². The monoisotopic (exact) mass is 646 g/mol. The third-order valence-corrected chi connectivity index (χ3v) is 6.52. The number of rotatable bonds is 8. The molecule has 1 aliphatic rings. The van der Waals surface area contributed by atoms with Gasteiger partial charge in [-0.1, -0.05) is 18.2 Å². The van der Waals surface area contributed by atoms with Crippen LogP contribution in [0.2, 0.25) is 0 Å². The van der Waals surface area contributed by atoms with Crippen molar-refractivity contribution in [1.82, 2.24) is 5.32 Å². The average Bonchev–Trinajstić information content (AvgIpc) is 3.33. The number of fused-ring (bicyclic) bond motifs is 1. The molecule has 0 aliphatic carbocycles. The van der Waals surface area contributed by atoms with E-state index in [0.29, 0.717) is 34.7 Å². The molecule has 0 aromatic heterocycles. The van der Waals surface area contributed by atoms with Crippen molar-refractivity contribution >= 4 is 50.5 Å². The maximum atomic E-state index is 12.6. The maximum absolute atomic E-state index is 12.6. The first-order valence-electron chi connectivity index (χ1n) is 10.5. The minimum absolute atomic E-state index is 0.00948. The predicted octanol–water partition coefficient (Wildman–Crippen LogP) is 5.59. The van der Waals surface area contributed by atoms with Crippen LogP contribution in [-0.4, -0.2) is 19.8 Å². The van der Waals surface area contributed by atoms with E-state index in [1.165, 1.54) is 0 Å². The Hall–Kier alpha value is -3.23. The highest BCUT2D eigenvalue weighted by atomic mass is 127. The Morgan fingerprint density at radius 3 is 2.60 bits per heavy atom. The lowest BCUT2D eigenvalue weighted by Crippen LogP contribution is -2.23. The summed E-state index contributed by atoms with van der Waals surface area (Å²) in [5.41, 5.74) is 2.56. The van der Waals surface area contributed by atoms with Gasteiger partial charge in [0.2, 0.25) is 6.79 Å². The van der Waals surface area contributed by atoms with Crippen molar-refractivity contribution in [3.63, 3.8) is 0 Å². The second kappa shape index (κ2) is 11.5. The predicted molar refractivity (Wildman–Crippen MR) is 142 cm³/mol. The fraction of sp³-hybridized carbons (Fsp3) is 0.154. The number of methoxy groups -OCH3 is 1. The first-order valence-corrected chi connectivity index (χ1v) is 12.4. The van der Waals surface area contributed by atoms with E-state index >= 15 is 0 Å².